The van der Waals surface area contributed by atoms with Crippen LogP contribution in [0, 0.1) is 0 Å². The second kappa shape index (κ2) is 5.70. The van der Waals surface area contributed by atoms with Gasteiger partial charge in [-0.2, -0.15) is 8.78 Å². The van der Waals surface area contributed by atoms with Gasteiger partial charge in [0.15, 0.2) is 0 Å². The molecule has 90 valence electrons. The normalized spacial score (nSPS) is 11.8. The fourth-order valence-corrected chi connectivity index (χ4v) is 2.34. The van der Waals surface area contributed by atoms with E-state index in [1.807, 2.05) is 0 Å². The zero-order chi connectivity index (χ0) is 12.2. The van der Waals surface area contributed by atoms with Gasteiger partial charge in [-0.15, -0.1) is 11.6 Å². The van der Waals surface area contributed by atoms with Crippen LogP contribution < -0.4 is 4.72 Å². The molecule has 0 spiro atoms. The lowest BCUT2D eigenvalue weighted by Crippen LogP contribution is -2.14. The van der Waals surface area contributed by atoms with Crippen molar-refractivity contribution in [3.8, 4) is 0 Å². The fraction of sp³-hybridized carbons (Fsp3) is 0.250. The van der Waals surface area contributed by atoms with E-state index < -0.39 is 21.0 Å². The van der Waals surface area contributed by atoms with Gasteiger partial charge in [0.05, 0.1) is 5.69 Å². The molecule has 16 heavy (non-hydrogen) atoms. The molecule has 3 nitrogen and oxygen atoms in total. The highest BCUT2D eigenvalue weighted by atomic mass is 35.5. The minimum absolute atomic E-state index is 0.105. The summed E-state index contributed by atoms with van der Waals surface area (Å²) < 4.78 is 48.8. The van der Waals surface area contributed by atoms with Crippen molar-refractivity contribution in [3.63, 3.8) is 0 Å². The molecule has 0 fully saturated rings. The molecule has 8 heteroatoms. The number of anilines is 1. The molecule has 1 N–H and O–H groups in total. The summed E-state index contributed by atoms with van der Waals surface area (Å²) in [6.45, 7) is 0. The van der Waals surface area contributed by atoms with Crippen molar-refractivity contribution in [1.82, 2.24) is 0 Å². The minimum Gasteiger partial charge on any atom is -0.281 e. The van der Waals surface area contributed by atoms with Crippen molar-refractivity contribution >= 4 is 39.1 Å². The Labute approximate surface area is 101 Å². The SMILES string of the molecule is O=S(=O)(CCl)Nc1ccccc1SC(F)F. The second-order valence-corrected chi connectivity index (χ2v) is 6.04. The maximum Gasteiger partial charge on any atom is 0.288 e. The molecule has 0 heterocycles. The van der Waals surface area contributed by atoms with Gasteiger partial charge >= 0.3 is 0 Å². The molecule has 1 aromatic rings. The second-order valence-electron chi connectivity index (χ2n) is 2.70. The van der Waals surface area contributed by atoms with Crippen molar-refractivity contribution in [3.05, 3.63) is 24.3 Å². The van der Waals surface area contributed by atoms with E-state index in [9.17, 15) is 17.2 Å². The van der Waals surface area contributed by atoms with Crippen molar-refractivity contribution in [2.75, 3.05) is 9.93 Å². The summed E-state index contributed by atoms with van der Waals surface area (Å²) in [7, 11) is -3.67. The predicted molar refractivity (Wildman–Crippen MR) is 61.6 cm³/mol. The van der Waals surface area contributed by atoms with E-state index in [1.54, 1.807) is 12.1 Å². The van der Waals surface area contributed by atoms with Crippen molar-refractivity contribution < 1.29 is 17.2 Å². The lowest BCUT2D eigenvalue weighted by molar-refractivity contribution is 0.252. The summed E-state index contributed by atoms with van der Waals surface area (Å²) in [5.41, 5.74) is 0.105. The molecule has 0 bridgehead atoms. The minimum atomic E-state index is -3.67. The third-order valence-electron chi connectivity index (χ3n) is 1.51. The highest BCUT2D eigenvalue weighted by Gasteiger charge is 2.14. The molecule has 1 rings (SSSR count). The number of alkyl halides is 3. The number of benzene rings is 1. The molecule has 0 aliphatic heterocycles. The Morgan fingerprint density at radius 2 is 2.00 bits per heavy atom. The maximum absolute atomic E-state index is 12.2. The van der Waals surface area contributed by atoms with E-state index in [0.29, 0.717) is 0 Å². The van der Waals surface area contributed by atoms with Crippen LogP contribution in [-0.4, -0.2) is 19.4 Å². The number of halogens is 3. The average molecular weight is 288 g/mol. The monoisotopic (exact) mass is 287 g/mol. The van der Waals surface area contributed by atoms with Gasteiger partial charge in [0.2, 0.25) is 10.0 Å². The first-order valence-corrected chi connectivity index (χ1v) is 7.11. The average Bonchev–Trinajstić information content (AvgIpc) is 2.20. The van der Waals surface area contributed by atoms with Gasteiger partial charge in [0, 0.05) is 4.90 Å². The summed E-state index contributed by atoms with van der Waals surface area (Å²) in [5.74, 6) is -2.61. The number of sulfonamides is 1. The van der Waals surface area contributed by atoms with Crippen LogP contribution in [-0.2, 0) is 10.0 Å². The fourth-order valence-electron chi connectivity index (χ4n) is 0.945. The van der Waals surface area contributed by atoms with Gasteiger partial charge in [-0.1, -0.05) is 23.9 Å². The smallest absolute Gasteiger partial charge is 0.281 e. The van der Waals surface area contributed by atoms with Gasteiger partial charge < -0.3 is 0 Å². The van der Waals surface area contributed by atoms with Crippen LogP contribution in [0.3, 0.4) is 0 Å². The Morgan fingerprint density at radius 3 is 2.56 bits per heavy atom. The molecule has 0 aromatic heterocycles. The van der Waals surface area contributed by atoms with E-state index >= 15 is 0 Å². The van der Waals surface area contributed by atoms with E-state index in [1.165, 1.54) is 12.1 Å². The van der Waals surface area contributed by atoms with E-state index in [2.05, 4.69) is 4.72 Å². The molecule has 0 radical (unpaired) electrons. The number of thioether (sulfide) groups is 1. The third kappa shape index (κ3) is 4.15. The molecular formula is C8H8ClF2NO2S2. The Morgan fingerprint density at radius 1 is 1.38 bits per heavy atom. The zero-order valence-corrected chi connectivity index (χ0v) is 10.2. The van der Waals surface area contributed by atoms with E-state index in [0.717, 1.165) is 0 Å². The molecule has 0 amide bonds. The van der Waals surface area contributed by atoms with Crippen LogP contribution in [0.25, 0.3) is 0 Å². The molecule has 1 aromatic carbocycles. The van der Waals surface area contributed by atoms with Crippen LogP contribution in [0.15, 0.2) is 29.2 Å². The lowest BCUT2D eigenvalue weighted by Gasteiger charge is -2.10. The van der Waals surface area contributed by atoms with Crippen LogP contribution in [0.2, 0.25) is 0 Å². The molecular weight excluding hydrogens is 280 g/mol. The van der Waals surface area contributed by atoms with Gasteiger partial charge in [0.25, 0.3) is 5.76 Å². The zero-order valence-electron chi connectivity index (χ0n) is 7.86. The van der Waals surface area contributed by atoms with Gasteiger partial charge in [0.1, 0.15) is 5.21 Å². The van der Waals surface area contributed by atoms with Gasteiger partial charge in [-0.3, -0.25) is 4.72 Å². The summed E-state index contributed by atoms with van der Waals surface area (Å²) in [6, 6.07) is 5.89. The van der Waals surface area contributed by atoms with E-state index in [-0.39, 0.29) is 22.3 Å². The summed E-state index contributed by atoms with van der Waals surface area (Å²) >= 11 is 5.47. The third-order valence-corrected chi connectivity index (χ3v) is 3.98. The lowest BCUT2D eigenvalue weighted by atomic mass is 10.3. The van der Waals surface area contributed by atoms with Crippen LogP contribution in [0.1, 0.15) is 0 Å². The Hall–Kier alpha value is -0.530. The number of para-hydroxylation sites is 1. The topological polar surface area (TPSA) is 46.2 Å². The maximum atomic E-state index is 12.2. The van der Waals surface area contributed by atoms with Crippen LogP contribution >= 0.6 is 23.4 Å². The standard InChI is InChI=1S/C8H8ClF2NO2S2/c9-5-16(13,14)12-6-3-1-2-4-7(6)15-8(10)11/h1-4,8,12H,5H2. The molecule has 0 saturated heterocycles. The summed E-state index contributed by atoms with van der Waals surface area (Å²) in [5, 5.41) is -0.624. The van der Waals surface area contributed by atoms with Crippen molar-refractivity contribution in [1.29, 1.82) is 0 Å². The molecule has 0 unspecified atom stereocenters. The largest absolute Gasteiger partial charge is 0.288 e. The Kier molecular flexibility index (Phi) is 4.82. The highest BCUT2D eigenvalue weighted by molar-refractivity contribution is 8.00. The van der Waals surface area contributed by atoms with Crippen LogP contribution in [0.5, 0.6) is 0 Å². The molecule has 0 saturated carbocycles. The summed E-state index contributed by atoms with van der Waals surface area (Å²) in [6.07, 6.45) is 0. The predicted octanol–water partition coefficient (Wildman–Crippen LogP) is 2.94. The van der Waals surface area contributed by atoms with Crippen molar-refractivity contribution in [2.45, 2.75) is 10.7 Å². The number of nitrogens with one attached hydrogen (secondary N) is 1. The first kappa shape index (κ1) is 13.5. The Balaban J connectivity index is 2.95. The number of hydrogen-bond acceptors (Lipinski definition) is 3. The Bertz CT molecular complexity index is 453. The van der Waals surface area contributed by atoms with E-state index in [4.69, 9.17) is 11.6 Å². The molecule has 0 aliphatic carbocycles. The quantitative estimate of drug-likeness (QED) is 0.669. The number of rotatable bonds is 5. The van der Waals surface area contributed by atoms with Gasteiger partial charge in [-0.05, 0) is 12.1 Å². The first-order chi connectivity index (χ1) is 7.44. The molecule has 0 atom stereocenters. The molecule has 0 aliphatic rings. The first-order valence-electron chi connectivity index (χ1n) is 4.05. The van der Waals surface area contributed by atoms with Gasteiger partial charge in [-0.25, -0.2) is 8.42 Å². The van der Waals surface area contributed by atoms with Crippen molar-refractivity contribution in [2.24, 2.45) is 0 Å². The highest BCUT2D eigenvalue weighted by Crippen LogP contribution is 2.32. The van der Waals surface area contributed by atoms with Crippen LogP contribution in [0.4, 0.5) is 14.5 Å². The summed E-state index contributed by atoms with van der Waals surface area (Å²) in [4.78, 5) is 0.159. The number of hydrogen-bond donors (Lipinski definition) is 1.